The second kappa shape index (κ2) is 2.32. The van der Waals surface area contributed by atoms with Crippen LogP contribution in [0.1, 0.15) is 33.5 Å². The molecule has 0 fully saturated rings. The Bertz CT molecular complexity index is 427. The molecule has 0 bridgehead atoms. The predicted octanol–water partition coefficient (Wildman–Crippen LogP) is 2.38. The molecule has 1 heteroatoms. The van der Waals surface area contributed by atoms with E-state index in [9.17, 15) is 4.79 Å². The zero-order valence-electron chi connectivity index (χ0n) is 7.34. The van der Waals surface area contributed by atoms with Crippen molar-refractivity contribution in [2.45, 2.75) is 19.3 Å². The molecule has 2 aliphatic carbocycles. The molecule has 13 heavy (non-hydrogen) atoms. The van der Waals surface area contributed by atoms with E-state index in [1.807, 2.05) is 6.07 Å². The molecule has 0 amide bonds. The van der Waals surface area contributed by atoms with Gasteiger partial charge in [0.15, 0.2) is 5.78 Å². The van der Waals surface area contributed by atoms with Gasteiger partial charge >= 0.3 is 0 Å². The Kier molecular flexibility index (Phi) is 1.26. The molecule has 0 spiro atoms. The molecule has 1 aromatic rings. The van der Waals surface area contributed by atoms with Gasteiger partial charge in [0.1, 0.15) is 0 Å². The summed E-state index contributed by atoms with van der Waals surface area (Å²) in [6.07, 6.45) is 7.02. The summed E-state index contributed by atoms with van der Waals surface area (Å²) in [5, 5.41) is 0. The number of hydrogen-bond acceptors (Lipinski definition) is 1. The van der Waals surface area contributed by atoms with Gasteiger partial charge in [-0.1, -0.05) is 24.3 Å². The van der Waals surface area contributed by atoms with Gasteiger partial charge in [0, 0.05) is 12.0 Å². The van der Waals surface area contributed by atoms with Crippen LogP contribution >= 0.6 is 0 Å². The lowest BCUT2D eigenvalue weighted by Crippen LogP contribution is -1.94. The van der Waals surface area contributed by atoms with E-state index in [-0.39, 0.29) is 0 Å². The summed E-state index contributed by atoms with van der Waals surface area (Å²) >= 11 is 0. The Hall–Kier alpha value is -1.37. The maximum atomic E-state index is 11.4. The third-order valence-electron chi connectivity index (χ3n) is 2.99. The summed E-state index contributed by atoms with van der Waals surface area (Å²) in [5.74, 6) is 0.324. The SMILES string of the molecule is O=C1CCc2c1ccc1c2CC=C1. The first kappa shape index (κ1) is 7.07. The maximum absolute atomic E-state index is 11.4. The summed E-state index contributed by atoms with van der Waals surface area (Å²) in [6, 6.07) is 4.06. The highest BCUT2D eigenvalue weighted by Crippen LogP contribution is 2.31. The molecule has 0 heterocycles. The molecule has 64 valence electrons. The molecule has 0 saturated heterocycles. The number of carbonyl (C=O) groups is 1. The van der Waals surface area contributed by atoms with Crippen molar-refractivity contribution in [1.29, 1.82) is 0 Å². The summed E-state index contributed by atoms with van der Waals surface area (Å²) in [6.45, 7) is 0. The molecule has 1 aromatic carbocycles. The third kappa shape index (κ3) is 0.844. The van der Waals surface area contributed by atoms with Crippen LogP contribution in [0.3, 0.4) is 0 Å². The minimum Gasteiger partial charge on any atom is -0.294 e. The Morgan fingerprint density at radius 3 is 2.92 bits per heavy atom. The first-order valence-corrected chi connectivity index (χ1v) is 4.71. The lowest BCUT2D eigenvalue weighted by molar-refractivity contribution is 0.0994. The number of fused-ring (bicyclic) bond motifs is 3. The molecule has 0 atom stereocenters. The summed E-state index contributed by atoms with van der Waals surface area (Å²) in [5.41, 5.74) is 4.99. The molecular weight excluding hydrogens is 160 g/mol. The average molecular weight is 170 g/mol. The quantitative estimate of drug-likeness (QED) is 0.584. The third-order valence-corrected chi connectivity index (χ3v) is 2.99. The fraction of sp³-hybridized carbons (Fsp3) is 0.250. The van der Waals surface area contributed by atoms with Gasteiger partial charge in [-0.3, -0.25) is 4.79 Å². The van der Waals surface area contributed by atoms with E-state index in [1.165, 1.54) is 16.7 Å². The van der Waals surface area contributed by atoms with Gasteiger partial charge in [0.05, 0.1) is 0 Å². The Morgan fingerprint density at radius 1 is 1.08 bits per heavy atom. The van der Waals surface area contributed by atoms with E-state index in [0.29, 0.717) is 12.2 Å². The topological polar surface area (TPSA) is 17.1 Å². The van der Waals surface area contributed by atoms with Crippen molar-refractivity contribution < 1.29 is 4.79 Å². The monoisotopic (exact) mass is 170 g/mol. The van der Waals surface area contributed by atoms with E-state index < -0.39 is 0 Å². The smallest absolute Gasteiger partial charge is 0.163 e. The predicted molar refractivity (Wildman–Crippen MR) is 51.8 cm³/mol. The van der Waals surface area contributed by atoms with Gasteiger partial charge in [0.25, 0.3) is 0 Å². The first-order valence-electron chi connectivity index (χ1n) is 4.71. The molecule has 2 aliphatic rings. The summed E-state index contributed by atoms with van der Waals surface area (Å²) in [7, 11) is 0. The van der Waals surface area contributed by atoms with Gasteiger partial charge in [-0.15, -0.1) is 0 Å². The first-order chi connectivity index (χ1) is 6.36. The highest BCUT2D eigenvalue weighted by atomic mass is 16.1. The molecule has 0 unspecified atom stereocenters. The van der Waals surface area contributed by atoms with E-state index in [0.717, 1.165) is 18.4 Å². The van der Waals surface area contributed by atoms with Crippen LogP contribution in [0, 0.1) is 0 Å². The van der Waals surface area contributed by atoms with Gasteiger partial charge in [0.2, 0.25) is 0 Å². The lowest BCUT2D eigenvalue weighted by atomic mass is 9.99. The largest absolute Gasteiger partial charge is 0.294 e. The van der Waals surface area contributed by atoms with Crippen molar-refractivity contribution in [2.75, 3.05) is 0 Å². The molecule has 0 saturated carbocycles. The lowest BCUT2D eigenvalue weighted by Gasteiger charge is -2.05. The van der Waals surface area contributed by atoms with Crippen molar-refractivity contribution >= 4 is 11.9 Å². The van der Waals surface area contributed by atoms with Gasteiger partial charge in [-0.05, 0) is 29.5 Å². The fourth-order valence-electron chi connectivity index (χ4n) is 2.33. The van der Waals surface area contributed by atoms with Crippen LogP contribution in [-0.2, 0) is 12.8 Å². The molecule has 0 aromatic heterocycles. The number of rotatable bonds is 0. The summed E-state index contributed by atoms with van der Waals surface area (Å²) < 4.78 is 0. The van der Waals surface area contributed by atoms with Crippen LogP contribution in [0.5, 0.6) is 0 Å². The van der Waals surface area contributed by atoms with Crippen LogP contribution in [-0.4, -0.2) is 5.78 Å². The Morgan fingerprint density at radius 2 is 2.00 bits per heavy atom. The second-order valence-electron chi connectivity index (χ2n) is 3.69. The maximum Gasteiger partial charge on any atom is 0.163 e. The van der Waals surface area contributed by atoms with Crippen molar-refractivity contribution in [1.82, 2.24) is 0 Å². The standard InChI is InChI=1S/C12H10O/c13-12-7-6-10-9-3-1-2-8(9)4-5-11(10)12/h1-2,4-5H,3,6-7H2. The molecular formula is C12H10O. The van der Waals surface area contributed by atoms with E-state index in [1.54, 1.807) is 0 Å². The van der Waals surface area contributed by atoms with E-state index in [2.05, 4.69) is 18.2 Å². The van der Waals surface area contributed by atoms with Crippen molar-refractivity contribution in [3.05, 3.63) is 40.5 Å². The number of allylic oxidation sites excluding steroid dienone is 1. The van der Waals surface area contributed by atoms with Crippen LogP contribution in [0.25, 0.3) is 6.08 Å². The van der Waals surface area contributed by atoms with Crippen LogP contribution in [0.2, 0.25) is 0 Å². The van der Waals surface area contributed by atoms with Crippen LogP contribution in [0.4, 0.5) is 0 Å². The highest BCUT2D eigenvalue weighted by Gasteiger charge is 2.23. The number of Topliss-reactive ketones (excluding diaryl/α,β-unsaturated/α-hetero) is 1. The zero-order valence-corrected chi connectivity index (χ0v) is 7.34. The minimum atomic E-state index is 0.324. The van der Waals surface area contributed by atoms with E-state index in [4.69, 9.17) is 0 Å². The second-order valence-corrected chi connectivity index (χ2v) is 3.69. The molecule has 0 aliphatic heterocycles. The Balaban J connectivity index is 2.29. The van der Waals surface area contributed by atoms with Crippen molar-refractivity contribution in [3.8, 4) is 0 Å². The van der Waals surface area contributed by atoms with E-state index >= 15 is 0 Å². The van der Waals surface area contributed by atoms with Gasteiger partial charge in [-0.25, -0.2) is 0 Å². The fourth-order valence-corrected chi connectivity index (χ4v) is 2.33. The minimum absolute atomic E-state index is 0.324. The van der Waals surface area contributed by atoms with Gasteiger partial charge < -0.3 is 0 Å². The number of hydrogen-bond donors (Lipinski definition) is 0. The number of ketones is 1. The molecule has 1 nitrogen and oxygen atoms in total. The van der Waals surface area contributed by atoms with Crippen molar-refractivity contribution in [3.63, 3.8) is 0 Å². The zero-order chi connectivity index (χ0) is 8.84. The van der Waals surface area contributed by atoms with Crippen LogP contribution in [0.15, 0.2) is 18.2 Å². The molecule has 0 radical (unpaired) electrons. The highest BCUT2D eigenvalue weighted by molar-refractivity contribution is 6.01. The normalized spacial score (nSPS) is 17.7. The van der Waals surface area contributed by atoms with Crippen LogP contribution < -0.4 is 0 Å². The van der Waals surface area contributed by atoms with Gasteiger partial charge in [-0.2, -0.15) is 0 Å². The number of carbonyl (C=O) groups excluding carboxylic acids is 1. The summed E-state index contributed by atoms with van der Waals surface area (Å²) in [4.78, 5) is 11.4. The average Bonchev–Trinajstić information content (AvgIpc) is 2.70. The Labute approximate surface area is 77.1 Å². The molecule has 3 rings (SSSR count). The van der Waals surface area contributed by atoms with Crippen molar-refractivity contribution in [2.24, 2.45) is 0 Å². The number of benzene rings is 1. The molecule has 0 N–H and O–H groups in total.